The summed E-state index contributed by atoms with van der Waals surface area (Å²) >= 11 is 0. The molecule has 7 heteroatoms. The molecule has 1 heterocycles. The lowest BCUT2D eigenvalue weighted by Crippen LogP contribution is -2.48. The Morgan fingerprint density at radius 1 is 1.23 bits per heavy atom. The smallest absolute Gasteiger partial charge is 0.254 e. The summed E-state index contributed by atoms with van der Waals surface area (Å²) in [4.78, 5) is 2.48. The van der Waals surface area contributed by atoms with Crippen LogP contribution in [0.25, 0.3) is 0 Å². The van der Waals surface area contributed by atoms with Gasteiger partial charge in [-0.05, 0) is 35.7 Å². The van der Waals surface area contributed by atoms with Gasteiger partial charge in [-0.3, -0.25) is 5.43 Å². The van der Waals surface area contributed by atoms with Crippen LogP contribution in [-0.2, 0) is 0 Å². The Kier molecular flexibility index (Phi) is 3.45. The highest BCUT2D eigenvalue weighted by atomic mass is 19.2. The van der Waals surface area contributed by atoms with E-state index in [1.807, 2.05) is 11.5 Å². The molecule has 3 aliphatic rings. The maximum Gasteiger partial charge on any atom is 0.254 e. The minimum atomic E-state index is -1.71. The number of rotatable bonds is 3. The van der Waals surface area contributed by atoms with Gasteiger partial charge in [0.1, 0.15) is 5.69 Å². The van der Waals surface area contributed by atoms with Crippen LogP contribution in [0.1, 0.15) is 26.7 Å². The normalized spacial score (nSPS) is 25.8. The van der Waals surface area contributed by atoms with E-state index < -0.39 is 29.2 Å². The average molecular weight is 313 g/mol. The van der Waals surface area contributed by atoms with Crippen molar-refractivity contribution in [3.05, 3.63) is 35.2 Å². The van der Waals surface area contributed by atoms with Gasteiger partial charge in [0.05, 0.1) is 6.21 Å². The molecule has 1 N–H and O–H groups in total. The highest BCUT2D eigenvalue weighted by Crippen LogP contribution is 2.58. The van der Waals surface area contributed by atoms with E-state index in [4.69, 9.17) is 0 Å². The van der Waals surface area contributed by atoms with Crippen molar-refractivity contribution in [1.82, 2.24) is 4.98 Å². The van der Waals surface area contributed by atoms with E-state index in [2.05, 4.69) is 23.9 Å². The molecular weight excluding hydrogens is 298 g/mol. The number of nitrogens with zero attached hydrogens (tertiary/aromatic N) is 2. The molecule has 3 nitrogen and oxygen atoms in total. The number of aromatic nitrogens is 1. The third-order valence-corrected chi connectivity index (χ3v) is 4.90. The van der Waals surface area contributed by atoms with Crippen LogP contribution >= 0.6 is 0 Å². The molecular formula is C15H15F4N3. The first-order chi connectivity index (χ1) is 10.3. The third-order valence-electron chi connectivity index (χ3n) is 4.90. The van der Waals surface area contributed by atoms with Gasteiger partial charge in [0.15, 0.2) is 0 Å². The lowest BCUT2D eigenvalue weighted by atomic mass is 9.49. The van der Waals surface area contributed by atoms with Gasteiger partial charge in [0.2, 0.25) is 11.6 Å². The third kappa shape index (κ3) is 2.19. The molecule has 3 aliphatic carbocycles. The molecule has 22 heavy (non-hydrogen) atoms. The quantitative estimate of drug-likeness (QED) is 0.396. The van der Waals surface area contributed by atoms with E-state index in [0.717, 1.165) is 18.4 Å². The lowest BCUT2D eigenvalue weighted by molar-refractivity contribution is -0.00124. The summed E-state index contributed by atoms with van der Waals surface area (Å²) in [6, 6.07) is 0. The monoisotopic (exact) mass is 313 g/mol. The largest absolute Gasteiger partial charge is 0.272 e. The Hall–Kier alpha value is -1.92. The van der Waals surface area contributed by atoms with Crippen molar-refractivity contribution in [2.24, 2.45) is 22.4 Å². The van der Waals surface area contributed by atoms with Crippen molar-refractivity contribution in [2.45, 2.75) is 26.7 Å². The number of pyridine rings is 1. The first-order valence-electron chi connectivity index (χ1n) is 7.01. The van der Waals surface area contributed by atoms with Gasteiger partial charge < -0.3 is 0 Å². The summed E-state index contributed by atoms with van der Waals surface area (Å²) in [6.07, 6.45) is 5.49. The molecule has 0 radical (unpaired) electrons. The number of hydrazone groups is 1. The second-order valence-corrected chi connectivity index (χ2v) is 6.31. The van der Waals surface area contributed by atoms with E-state index in [1.165, 1.54) is 6.21 Å². The summed E-state index contributed by atoms with van der Waals surface area (Å²) in [6.45, 7) is 4.35. The van der Waals surface area contributed by atoms with Gasteiger partial charge >= 0.3 is 0 Å². The van der Waals surface area contributed by atoms with Gasteiger partial charge in [-0.2, -0.15) is 27.6 Å². The van der Waals surface area contributed by atoms with E-state index in [0.29, 0.717) is 11.8 Å². The summed E-state index contributed by atoms with van der Waals surface area (Å²) in [5.41, 5.74) is 2.20. The van der Waals surface area contributed by atoms with Gasteiger partial charge in [0.25, 0.3) is 11.9 Å². The molecule has 4 rings (SSSR count). The Balaban J connectivity index is 1.78. The summed E-state index contributed by atoms with van der Waals surface area (Å²) < 4.78 is 52.8. The molecule has 1 aromatic rings. The lowest BCUT2D eigenvalue weighted by Gasteiger charge is -2.55. The zero-order valence-corrected chi connectivity index (χ0v) is 12.1. The molecule has 0 spiro atoms. The molecule has 1 saturated carbocycles. The highest BCUT2D eigenvalue weighted by Gasteiger charge is 2.50. The summed E-state index contributed by atoms with van der Waals surface area (Å²) in [5.74, 6) is -5.62. The molecule has 0 unspecified atom stereocenters. The van der Waals surface area contributed by atoms with Crippen LogP contribution in [0.4, 0.5) is 23.2 Å². The van der Waals surface area contributed by atoms with Crippen molar-refractivity contribution in [3.63, 3.8) is 0 Å². The van der Waals surface area contributed by atoms with Crippen LogP contribution in [0.5, 0.6) is 0 Å². The number of fused-ring (bicyclic) bond motifs is 1. The average Bonchev–Trinajstić information content (AvgIpc) is 2.48. The van der Waals surface area contributed by atoms with E-state index in [9.17, 15) is 17.6 Å². The standard InChI is InChI=1S/C15H15F4N3/c1-15(2)8-4-3-7(9(15)5-8)6-20-22-12-10(16)13(18)21-14(19)11(12)17/h3,6,8-9H,4-5H2,1-2H3,(H,21,22)/t8-,9+/m0/s1. The molecule has 0 aromatic carbocycles. The SMILES string of the molecule is CC1(C)[C@H]2CC=C(C=NNc3c(F)c(F)nc(F)c3F)[C@H]1C2. The molecule has 2 atom stereocenters. The fraction of sp³-hybridized carbons (Fsp3) is 0.467. The fourth-order valence-corrected chi connectivity index (χ4v) is 3.30. The maximum absolute atomic E-state index is 13.4. The molecule has 118 valence electrons. The predicted molar refractivity (Wildman–Crippen MR) is 74.3 cm³/mol. The highest BCUT2D eigenvalue weighted by molar-refractivity contribution is 5.81. The zero-order chi connectivity index (χ0) is 16.1. The minimum absolute atomic E-state index is 0.182. The Bertz CT molecular complexity index is 656. The molecule has 1 aromatic heterocycles. The van der Waals surface area contributed by atoms with Crippen molar-refractivity contribution in [1.29, 1.82) is 0 Å². The van der Waals surface area contributed by atoms with Crippen LogP contribution < -0.4 is 5.43 Å². The number of anilines is 1. The van der Waals surface area contributed by atoms with Crippen molar-refractivity contribution >= 4 is 11.9 Å². The van der Waals surface area contributed by atoms with Gasteiger partial charge in [-0.1, -0.05) is 19.9 Å². The Morgan fingerprint density at radius 2 is 1.86 bits per heavy atom. The first kappa shape index (κ1) is 15.0. The Morgan fingerprint density at radius 3 is 2.41 bits per heavy atom. The first-order valence-corrected chi connectivity index (χ1v) is 7.01. The van der Waals surface area contributed by atoms with E-state index >= 15 is 0 Å². The van der Waals surface area contributed by atoms with Crippen molar-refractivity contribution in [3.8, 4) is 0 Å². The molecule has 0 amide bonds. The topological polar surface area (TPSA) is 37.3 Å². The van der Waals surface area contributed by atoms with Crippen LogP contribution in [0.3, 0.4) is 0 Å². The van der Waals surface area contributed by atoms with E-state index in [-0.39, 0.29) is 5.41 Å². The van der Waals surface area contributed by atoms with Gasteiger partial charge in [0, 0.05) is 0 Å². The van der Waals surface area contributed by atoms with Crippen molar-refractivity contribution < 1.29 is 17.6 Å². The summed E-state index contributed by atoms with van der Waals surface area (Å²) in [5, 5.41) is 3.73. The summed E-state index contributed by atoms with van der Waals surface area (Å²) in [7, 11) is 0. The van der Waals surface area contributed by atoms with Crippen LogP contribution in [0, 0.1) is 40.8 Å². The molecule has 2 bridgehead atoms. The van der Waals surface area contributed by atoms with Crippen molar-refractivity contribution in [2.75, 3.05) is 5.43 Å². The zero-order valence-electron chi connectivity index (χ0n) is 12.1. The van der Waals surface area contributed by atoms with Gasteiger partial charge in [-0.25, -0.2) is 0 Å². The van der Waals surface area contributed by atoms with Gasteiger partial charge in [-0.15, -0.1) is 0 Å². The second kappa shape index (κ2) is 5.07. The number of nitrogens with one attached hydrogen (secondary N) is 1. The predicted octanol–water partition coefficient (Wildman–Crippen LogP) is 4.03. The van der Waals surface area contributed by atoms with Crippen LogP contribution in [-0.4, -0.2) is 11.2 Å². The number of halogens is 4. The number of hydrogen-bond donors (Lipinski definition) is 1. The van der Waals surface area contributed by atoms with Crippen LogP contribution in [0.2, 0.25) is 0 Å². The molecule has 1 fully saturated rings. The van der Waals surface area contributed by atoms with E-state index in [1.54, 1.807) is 0 Å². The second-order valence-electron chi connectivity index (χ2n) is 6.31. The molecule has 0 aliphatic heterocycles. The maximum atomic E-state index is 13.4. The molecule has 0 saturated heterocycles. The Labute approximate surface area is 125 Å². The number of allylic oxidation sites excluding steroid dienone is 2. The van der Waals surface area contributed by atoms with Crippen LogP contribution in [0.15, 0.2) is 16.8 Å². The fourth-order valence-electron chi connectivity index (χ4n) is 3.30. The number of hydrogen-bond acceptors (Lipinski definition) is 3. The minimum Gasteiger partial charge on any atom is -0.272 e.